The third-order valence-electron chi connectivity index (χ3n) is 5.21. The molecule has 0 bridgehead atoms. The number of nitrogens with zero attached hydrogens (tertiary/aromatic N) is 2. The number of carboxylic acid groups (broad SMARTS) is 1. The number of amides is 3. The molecule has 2 aliphatic heterocycles. The van der Waals surface area contributed by atoms with Gasteiger partial charge in [0.25, 0.3) is 11.8 Å². The Hall–Kier alpha value is -3.95. The van der Waals surface area contributed by atoms with Gasteiger partial charge in [-0.1, -0.05) is 18.2 Å². The van der Waals surface area contributed by atoms with Crippen LogP contribution in [0.25, 0.3) is 0 Å². The molecule has 2 N–H and O–H groups in total. The summed E-state index contributed by atoms with van der Waals surface area (Å²) in [5.74, 6) is -3.21. The minimum Gasteiger partial charge on any atom is -0.484 e. The minimum atomic E-state index is -1.50. The molecule has 10 heteroatoms. The van der Waals surface area contributed by atoms with Gasteiger partial charge in [0.15, 0.2) is 6.61 Å². The maximum absolute atomic E-state index is 13.1. The van der Waals surface area contributed by atoms with Gasteiger partial charge in [0.05, 0.1) is 6.04 Å². The van der Waals surface area contributed by atoms with Crippen LogP contribution >= 0.6 is 0 Å². The molecule has 160 valence electrons. The van der Waals surface area contributed by atoms with Crippen LogP contribution in [0.1, 0.15) is 10.4 Å². The standard InChI is InChI=1S/C21H18FN3O6/c22-13-8-6-12(7-9-13)19(27)24-10-15-17(20(28)25(15)18(24)21(29)30)23-16(26)11-31-14-4-2-1-3-5-14/h1-9,15,17-18H,10-11H2,(H,23,26)(H,29,30)/t15?,17-,18?/m0/s1. The molecule has 0 spiro atoms. The number of para-hydroxylation sites is 1. The Bertz CT molecular complexity index is 1030. The Morgan fingerprint density at radius 3 is 2.42 bits per heavy atom. The summed E-state index contributed by atoms with van der Waals surface area (Å²) in [4.78, 5) is 51.4. The lowest BCUT2D eigenvalue weighted by atomic mass is 9.96. The minimum absolute atomic E-state index is 0.0800. The van der Waals surface area contributed by atoms with Gasteiger partial charge in [-0.3, -0.25) is 14.4 Å². The monoisotopic (exact) mass is 427 g/mol. The van der Waals surface area contributed by atoms with E-state index in [4.69, 9.17) is 4.74 Å². The summed E-state index contributed by atoms with van der Waals surface area (Å²) in [6.45, 7) is -0.398. The molecule has 2 aliphatic rings. The summed E-state index contributed by atoms with van der Waals surface area (Å²) in [5.41, 5.74) is 0.0967. The van der Waals surface area contributed by atoms with Crippen LogP contribution in [-0.2, 0) is 14.4 Å². The van der Waals surface area contributed by atoms with Crippen LogP contribution in [0.15, 0.2) is 54.6 Å². The molecule has 3 amide bonds. The molecular weight excluding hydrogens is 409 g/mol. The smallest absolute Gasteiger partial charge is 0.347 e. The van der Waals surface area contributed by atoms with Gasteiger partial charge >= 0.3 is 5.97 Å². The number of benzene rings is 2. The van der Waals surface area contributed by atoms with Crippen molar-refractivity contribution in [3.8, 4) is 5.75 Å². The number of carbonyl (C=O) groups excluding carboxylic acids is 3. The first-order valence-corrected chi connectivity index (χ1v) is 9.45. The molecule has 4 rings (SSSR count). The molecule has 3 atom stereocenters. The van der Waals surface area contributed by atoms with Crippen LogP contribution < -0.4 is 10.1 Å². The topological polar surface area (TPSA) is 116 Å². The molecule has 2 fully saturated rings. The lowest BCUT2D eigenvalue weighted by Gasteiger charge is -2.43. The van der Waals surface area contributed by atoms with Crippen molar-refractivity contribution in [3.63, 3.8) is 0 Å². The van der Waals surface area contributed by atoms with Crippen molar-refractivity contribution in [3.05, 3.63) is 66.0 Å². The Morgan fingerprint density at radius 1 is 1.10 bits per heavy atom. The van der Waals surface area contributed by atoms with Crippen LogP contribution in [0.3, 0.4) is 0 Å². The quantitative estimate of drug-likeness (QED) is 0.648. The summed E-state index contributed by atoms with van der Waals surface area (Å²) in [6.07, 6.45) is -1.50. The van der Waals surface area contributed by atoms with E-state index in [2.05, 4.69) is 5.32 Å². The number of hydrogen-bond donors (Lipinski definition) is 2. The molecule has 31 heavy (non-hydrogen) atoms. The van der Waals surface area contributed by atoms with E-state index in [1.54, 1.807) is 30.3 Å². The number of ether oxygens (including phenoxy) is 1. The van der Waals surface area contributed by atoms with Crippen LogP contribution in [0.2, 0.25) is 0 Å². The number of hydrogen-bond acceptors (Lipinski definition) is 5. The maximum atomic E-state index is 13.1. The maximum Gasteiger partial charge on any atom is 0.347 e. The number of rotatable bonds is 6. The predicted molar refractivity (Wildman–Crippen MR) is 103 cm³/mol. The van der Waals surface area contributed by atoms with E-state index in [1.165, 1.54) is 12.1 Å². The van der Waals surface area contributed by atoms with Crippen molar-refractivity contribution in [2.75, 3.05) is 13.2 Å². The molecule has 0 aliphatic carbocycles. The Labute approximate surface area is 176 Å². The lowest BCUT2D eigenvalue weighted by molar-refractivity contribution is -0.163. The first kappa shape index (κ1) is 20.3. The number of β-lactam (4-membered cyclic amide) rings is 1. The Balaban J connectivity index is 1.43. The van der Waals surface area contributed by atoms with Crippen molar-refractivity contribution in [1.82, 2.24) is 15.1 Å². The third-order valence-corrected chi connectivity index (χ3v) is 5.21. The van der Waals surface area contributed by atoms with Crippen molar-refractivity contribution in [2.45, 2.75) is 18.2 Å². The number of carboxylic acids is 1. The molecule has 0 saturated carbocycles. The summed E-state index contributed by atoms with van der Waals surface area (Å²) >= 11 is 0. The zero-order valence-electron chi connectivity index (χ0n) is 16.1. The van der Waals surface area contributed by atoms with Crippen molar-refractivity contribution in [2.24, 2.45) is 0 Å². The normalized spacial score (nSPS) is 21.8. The average molecular weight is 427 g/mol. The number of halogens is 1. The van der Waals surface area contributed by atoms with E-state index in [9.17, 15) is 28.7 Å². The van der Waals surface area contributed by atoms with E-state index in [1.807, 2.05) is 0 Å². The average Bonchev–Trinajstić information content (AvgIpc) is 3.13. The van der Waals surface area contributed by atoms with E-state index in [-0.39, 0.29) is 18.7 Å². The zero-order chi connectivity index (χ0) is 22.1. The van der Waals surface area contributed by atoms with Crippen LogP contribution in [-0.4, -0.2) is 70.0 Å². The molecule has 0 radical (unpaired) electrons. The molecular formula is C21H18FN3O6. The lowest BCUT2D eigenvalue weighted by Crippen LogP contribution is -2.71. The van der Waals surface area contributed by atoms with Gasteiger partial charge in [0, 0.05) is 12.1 Å². The molecule has 0 aromatic heterocycles. The van der Waals surface area contributed by atoms with Gasteiger partial charge in [0.2, 0.25) is 12.1 Å². The number of aliphatic carboxylic acids is 1. The summed E-state index contributed by atoms with van der Waals surface area (Å²) in [5, 5.41) is 12.1. The second-order valence-corrected chi connectivity index (χ2v) is 7.14. The molecule has 2 unspecified atom stereocenters. The summed E-state index contributed by atoms with van der Waals surface area (Å²) in [6, 6.07) is 11.7. The number of carbonyl (C=O) groups is 4. The van der Waals surface area contributed by atoms with Crippen molar-refractivity contribution < 1.29 is 33.4 Å². The highest BCUT2D eigenvalue weighted by Crippen LogP contribution is 2.33. The largest absolute Gasteiger partial charge is 0.484 e. The van der Waals surface area contributed by atoms with Gasteiger partial charge in [-0.2, -0.15) is 0 Å². The van der Waals surface area contributed by atoms with Crippen LogP contribution in [0.5, 0.6) is 5.75 Å². The van der Waals surface area contributed by atoms with E-state index in [0.717, 1.165) is 21.9 Å². The highest BCUT2D eigenvalue weighted by molar-refractivity contribution is 6.02. The van der Waals surface area contributed by atoms with Crippen LogP contribution in [0.4, 0.5) is 4.39 Å². The fourth-order valence-corrected chi connectivity index (χ4v) is 3.76. The summed E-state index contributed by atoms with van der Waals surface area (Å²) < 4.78 is 18.5. The van der Waals surface area contributed by atoms with Crippen LogP contribution in [0, 0.1) is 5.82 Å². The van der Waals surface area contributed by atoms with Gasteiger partial charge < -0.3 is 25.0 Å². The van der Waals surface area contributed by atoms with Crippen molar-refractivity contribution in [1.29, 1.82) is 0 Å². The van der Waals surface area contributed by atoms with Gasteiger partial charge in [0.1, 0.15) is 17.6 Å². The summed E-state index contributed by atoms with van der Waals surface area (Å²) in [7, 11) is 0. The fourth-order valence-electron chi connectivity index (χ4n) is 3.76. The second-order valence-electron chi connectivity index (χ2n) is 7.14. The Morgan fingerprint density at radius 2 is 1.77 bits per heavy atom. The highest BCUT2D eigenvalue weighted by atomic mass is 19.1. The predicted octanol–water partition coefficient (Wildman–Crippen LogP) is 0.467. The van der Waals surface area contributed by atoms with Gasteiger partial charge in [-0.25, -0.2) is 9.18 Å². The fraction of sp³-hybridized carbons (Fsp3) is 0.238. The van der Waals surface area contributed by atoms with E-state index >= 15 is 0 Å². The first-order valence-electron chi connectivity index (χ1n) is 9.45. The highest BCUT2D eigenvalue weighted by Gasteiger charge is 2.61. The third kappa shape index (κ3) is 3.79. The van der Waals surface area contributed by atoms with Crippen molar-refractivity contribution >= 4 is 23.7 Å². The number of fused-ring (bicyclic) bond motifs is 1. The zero-order valence-corrected chi connectivity index (χ0v) is 16.1. The SMILES string of the molecule is O=C(COc1ccccc1)N[C@@H]1C(=O)N2C1CN(C(=O)c1ccc(F)cc1)C2C(=O)O. The molecule has 9 nitrogen and oxygen atoms in total. The van der Waals surface area contributed by atoms with Gasteiger partial charge in [-0.05, 0) is 36.4 Å². The second kappa shape index (κ2) is 8.05. The Kier molecular flexibility index (Phi) is 5.28. The van der Waals surface area contributed by atoms with Gasteiger partial charge in [-0.15, -0.1) is 0 Å². The first-order chi connectivity index (χ1) is 14.9. The van der Waals surface area contributed by atoms with E-state index < -0.39 is 47.8 Å². The van der Waals surface area contributed by atoms with E-state index in [0.29, 0.717) is 5.75 Å². The molecule has 2 aromatic carbocycles. The molecule has 2 aromatic rings. The number of nitrogens with one attached hydrogen (secondary N) is 1. The molecule has 2 saturated heterocycles. The molecule has 2 heterocycles.